The summed E-state index contributed by atoms with van der Waals surface area (Å²) in [6.45, 7) is 4.62. The van der Waals surface area contributed by atoms with E-state index in [2.05, 4.69) is 19.9 Å². The van der Waals surface area contributed by atoms with Gasteiger partial charge >= 0.3 is 0 Å². The van der Waals surface area contributed by atoms with Crippen LogP contribution in [-0.4, -0.2) is 29.5 Å². The zero-order valence-electron chi connectivity index (χ0n) is 14.3. The Bertz CT molecular complexity index is 613. The van der Waals surface area contributed by atoms with Gasteiger partial charge in [0.25, 0.3) is 0 Å². The molecule has 0 aromatic heterocycles. The van der Waals surface area contributed by atoms with E-state index in [4.69, 9.17) is 4.74 Å². The van der Waals surface area contributed by atoms with Crippen molar-refractivity contribution in [1.29, 1.82) is 0 Å². The van der Waals surface area contributed by atoms with E-state index in [-0.39, 0.29) is 17.6 Å². The number of hydrogen-bond acceptors (Lipinski definition) is 3. The fraction of sp³-hybridized carbons (Fsp3) is 0.700. The van der Waals surface area contributed by atoms with Crippen LogP contribution in [0.15, 0.2) is 18.2 Å². The molecule has 2 fully saturated rings. The molecule has 0 aliphatic heterocycles. The summed E-state index contributed by atoms with van der Waals surface area (Å²) >= 11 is 0. The minimum atomic E-state index is -0.195. The molecule has 23 heavy (non-hydrogen) atoms. The van der Waals surface area contributed by atoms with Crippen LogP contribution < -0.4 is 0 Å². The Labute approximate surface area is 138 Å². The molecule has 0 bridgehead atoms. The number of fused-ring (bicyclic) bond motifs is 5. The highest BCUT2D eigenvalue weighted by Gasteiger charge is 2.59. The average Bonchev–Trinajstić information content (AvgIpc) is 2.81. The van der Waals surface area contributed by atoms with Crippen LogP contribution in [0.5, 0.6) is 5.75 Å². The quantitative estimate of drug-likeness (QED) is 0.834. The molecule has 0 spiro atoms. The Morgan fingerprint density at radius 3 is 2.78 bits per heavy atom. The van der Waals surface area contributed by atoms with Crippen molar-refractivity contribution >= 4 is 0 Å². The molecule has 1 aromatic carbocycles. The second kappa shape index (κ2) is 5.22. The third-order valence-electron chi connectivity index (χ3n) is 7.27. The van der Waals surface area contributed by atoms with Crippen molar-refractivity contribution in [3.05, 3.63) is 29.3 Å². The second-order valence-corrected chi connectivity index (χ2v) is 8.35. The van der Waals surface area contributed by atoms with Crippen LogP contribution >= 0.6 is 0 Å². The molecule has 4 rings (SSSR count). The lowest BCUT2D eigenvalue weighted by molar-refractivity contribution is -0.104. The number of ether oxygens (including phenoxy) is 1. The summed E-state index contributed by atoms with van der Waals surface area (Å²) in [5, 5.41) is 20.5. The molecule has 0 amide bonds. The number of methoxy groups -OCH3 is 1. The van der Waals surface area contributed by atoms with Crippen LogP contribution in [0.1, 0.15) is 50.2 Å². The molecular formula is C20H28O3. The first-order valence-corrected chi connectivity index (χ1v) is 8.98. The average molecular weight is 316 g/mol. The first-order chi connectivity index (χ1) is 11.0. The molecular weight excluding hydrogens is 288 g/mol. The first-order valence-electron chi connectivity index (χ1n) is 8.98. The van der Waals surface area contributed by atoms with Crippen molar-refractivity contribution in [1.82, 2.24) is 0 Å². The maximum Gasteiger partial charge on any atom is 0.115 e. The lowest BCUT2D eigenvalue weighted by Crippen LogP contribution is -2.52. The maximum atomic E-state index is 10.6. The molecule has 3 aliphatic rings. The largest absolute Gasteiger partial charge is 0.508 e. The zero-order chi connectivity index (χ0) is 16.4. The van der Waals surface area contributed by atoms with E-state index in [1.165, 1.54) is 11.1 Å². The molecule has 0 saturated heterocycles. The lowest BCUT2D eigenvalue weighted by atomic mass is 9.52. The Morgan fingerprint density at radius 2 is 2.04 bits per heavy atom. The highest BCUT2D eigenvalue weighted by molar-refractivity contribution is 5.41. The molecule has 3 nitrogen and oxygen atoms in total. The fourth-order valence-electron chi connectivity index (χ4n) is 6.19. The maximum absolute atomic E-state index is 10.6. The van der Waals surface area contributed by atoms with Crippen molar-refractivity contribution in [2.45, 2.75) is 57.7 Å². The number of aliphatic hydroxyl groups is 1. The standard InChI is InChI=1S/C20H28O3/c1-11-8-12-9-13(21)4-5-14(12)19-16(23-3)10-20(2)15(18(11)19)6-7-17(20)22/h4-5,9,11,15-19,21-22H,6-8,10H2,1-3H3/t11-,15?,16+,17+,18?,19?,20+/m1/s1. The smallest absolute Gasteiger partial charge is 0.115 e. The van der Waals surface area contributed by atoms with Gasteiger partial charge in [-0.3, -0.25) is 0 Å². The number of benzene rings is 1. The molecule has 3 heteroatoms. The second-order valence-electron chi connectivity index (χ2n) is 8.35. The van der Waals surface area contributed by atoms with Gasteiger partial charge in [0.2, 0.25) is 0 Å². The van der Waals surface area contributed by atoms with Gasteiger partial charge in [0.15, 0.2) is 0 Å². The van der Waals surface area contributed by atoms with Crippen LogP contribution in [0, 0.1) is 23.2 Å². The Kier molecular flexibility index (Phi) is 3.51. The Hall–Kier alpha value is -1.06. The summed E-state index contributed by atoms with van der Waals surface area (Å²) in [7, 11) is 1.81. The van der Waals surface area contributed by atoms with Crippen LogP contribution in [0.3, 0.4) is 0 Å². The van der Waals surface area contributed by atoms with Gasteiger partial charge in [-0.25, -0.2) is 0 Å². The number of aromatic hydroxyl groups is 1. The summed E-state index contributed by atoms with van der Waals surface area (Å²) in [6, 6.07) is 5.86. The monoisotopic (exact) mass is 316 g/mol. The number of phenolic OH excluding ortho intramolecular Hbond substituents is 1. The summed E-state index contributed by atoms with van der Waals surface area (Å²) < 4.78 is 5.94. The van der Waals surface area contributed by atoms with Gasteiger partial charge in [-0.05, 0) is 72.1 Å². The van der Waals surface area contributed by atoms with Gasteiger partial charge in [0.05, 0.1) is 12.2 Å². The molecule has 7 atom stereocenters. The minimum Gasteiger partial charge on any atom is -0.508 e. The summed E-state index contributed by atoms with van der Waals surface area (Å²) in [5.41, 5.74) is 2.63. The summed E-state index contributed by atoms with van der Waals surface area (Å²) in [5.74, 6) is 2.45. The highest BCUT2D eigenvalue weighted by Crippen LogP contribution is 2.62. The molecule has 0 heterocycles. The topological polar surface area (TPSA) is 49.7 Å². The Balaban J connectivity index is 1.82. The molecule has 2 saturated carbocycles. The van der Waals surface area contributed by atoms with E-state index < -0.39 is 0 Å². The van der Waals surface area contributed by atoms with Crippen molar-refractivity contribution in [2.75, 3.05) is 7.11 Å². The van der Waals surface area contributed by atoms with Crippen LogP contribution in [0.4, 0.5) is 0 Å². The van der Waals surface area contributed by atoms with E-state index in [0.29, 0.717) is 29.4 Å². The molecule has 3 unspecified atom stereocenters. The SMILES string of the molecule is CO[C@H]1C[C@@]2(C)C(CC[C@@H]2O)C2C1c1ccc(O)cc1C[C@H]2C. The summed E-state index contributed by atoms with van der Waals surface area (Å²) in [6.07, 6.45) is 3.97. The molecule has 3 aliphatic carbocycles. The normalized spacial score (nSPS) is 45.2. The van der Waals surface area contributed by atoms with Gasteiger partial charge in [-0.1, -0.05) is 19.9 Å². The number of hydrogen-bond donors (Lipinski definition) is 2. The van der Waals surface area contributed by atoms with Crippen molar-refractivity contribution < 1.29 is 14.9 Å². The van der Waals surface area contributed by atoms with Crippen molar-refractivity contribution in [3.8, 4) is 5.75 Å². The van der Waals surface area contributed by atoms with Gasteiger partial charge in [-0.2, -0.15) is 0 Å². The van der Waals surface area contributed by atoms with E-state index >= 15 is 0 Å². The first kappa shape index (κ1) is 15.5. The molecule has 126 valence electrons. The minimum absolute atomic E-state index is 0.00940. The predicted octanol–water partition coefficient (Wildman–Crippen LogP) is 3.48. The van der Waals surface area contributed by atoms with E-state index in [1.54, 1.807) is 0 Å². The third-order valence-corrected chi connectivity index (χ3v) is 7.27. The molecule has 1 aromatic rings. The third kappa shape index (κ3) is 2.09. The number of aliphatic hydroxyl groups excluding tert-OH is 1. The number of rotatable bonds is 1. The summed E-state index contributed by atoms with van der Waals surface area (Å²) in [4.78, 5) is 0. The van der Waals surface area contributed by atoms with Gasteiger partial charge in [-0.15, -0.1) is 0 Å². The Morgan fingerprint density at radius 1 is 1.26 bits per heavy atom. The van der Waals surface area contributed by atoms with Crippen LogP contribution in [-0.2, 0) is 11.2 Å². The van der Waals surface area contributed by atoms with Gasteiger partial charge in [0, 0.05) is 13.0 Å². The molecule has 2 N–H and O–H groups in total. The van der Waals surface area contributed by atoms with Crippen LogP contribution in [0.2, 0.25) is 0 Å². The highest BCUT2D eigenvalue weighted by atomic mass is 16.5. The van der Waals surface area contributed by atoms with E-state index in [9.17, 15) is 10.2 Å². The number of phenols is 1. The van der Waals surface area contributed by atoms with Gasteiger partial charge in [0.1, 0.15) is 5.75 Å². The van der Waals surface area contributed by atoms with Crippen molar-refractivity contribution in [2.24, 2.45) is 23.2 Å². The lowest BCUT2D eigenvalue weighted by Gasteiger charge is -2.55. The van der Waals surface area contributed by atoms with Gasteiger partial charge < -0.3 is 14.9 Å². The van der Waals surface area contributed by atoms with Crippen LogP contribution in [0.25, 0.3) is 0 Å². The van der Waals surface area contributed by atoms with E-state index in [1.807, 2.05) is 19.2 Å². The van der Waals surface area contributed by atoms with Crippen molar-refractivity contribution in [3.63, 3.8) is 0 Å². The predicted molar refractivity (Wildman–Crippen MR) is 89.5 cm³/mol. The zero-order valence-corrected chi connectivity index (χ0v) is 14.3. The molecule has 0 radical (unpaired) electrons. The fourth-order valence-corrected chi connectivity index (χ4v) is 6.19. The van der Waals surface area contributed by atoms with E-state index in [0.717, 1.165) is 25.7 Å².